The monoisotopic (exact) mass is 869 g/mol. The molecule has 0 heterocycles. The minimum Gasteiger partial charge on any atom is -0.462 e. The lowest BCUT2D eigenvalue weighted by Crippen LogP contribution is -2.30. The molecule has 62 heavy (non-hydrogen) atoms. The molecular formula is C57H104O5. The van der Waals surface area contributed by atoms with Crippen molar-refractivity contribution < 1.29 is 23.8 Å². The predicted molar refractivity (Wildman–Crippen MR) is 270 cm³/mol. The predicted octanol–water partition coefficient (Wildman–Crippen LogP) is 18.3. The van der Waals surface area contributed by atoms with Crippen molar-refractivity contribution in [1.82, 2.24) is 0 Å². The smallest absolute Gasteiger partial charge is 0.306 e. The first-order chi connectivity index (χ1) is 30.6. The van der Waals surface area contributed by atoms with Gasteiger partial charge < -0.3 is 14.2 Å². The number of carbonyl (C=O) groups is 2. The van der Waals surface area contributed by atoms with Crippen LogP contribution in [0.15, 0.2) is 48.6 Å². The maximum atomic E-state index is 12.8. The average molecular weight is 869 g/mol. The van der Waals surface area contributed by atoms with Gasteiger partial charge in [0.2, 0.25) is 0 Å². The quantitative estimate of drug-likeness (QED) is 0.0346. The minimum absolute atomic E-state index is 0.0773. The number of esters is 2. The molecule has 0 saturated heterocycles. The second-order valence-electron chi connectivity index (χ2n) is 18.1. The zero-order chi connectivity index (χ0) is 44.9. The van der Waals surface area contributed by atoms with Gasteiger partial charge in [0.1, 0.15) is 6.61 Å². The van der Waals surface area contributed by atoms with E-state index >= 15 is 0 Å². The van der Waals surface area contributed by atoms with Gasteiger partial charge in [-0.3, -0.25) is 9.59 Å². The highest BCUT2D eigenvalue weighted by atomic mass is 16.6. The first-order valence-corrected chi connectivity index (χ1v) is 27.2. The summed E-state index contributed by atoms with van der Waals surface area (Å²) in [5, 5.41) is 0. The van der Waals surface area contributed by atoms with Gasteiger partial charge in [-0.1, -0.05) is 256 Å². The number of unbranched alkanes of at least 4 members (excludes halogenated alkanes) is 31. The highest BCUT2D eigenvalue weighted by molar-refractivity contribution is 5.70. The maximum Gasteiger partial charge on any atom is 0.306 e. The molecule has 0 unspecified atom stereocenters. The fraction of sp³-hybridized carbons (Fsp3) is 0.825. The molecule has 0 bridgehead atoms. The Kier molecular flexibility index (Phi) is 51.4. The van der Waals surface area contributed by atoms with E-state index in [2.05, 4.69) is 69.4 Å². The molecule has 0 saturated carbocycles. The summed E-state index contributed by atoms with van der Waals surface area (Å²) in [4.78, 5) is 25.4. The summed E-state index contributed by atoms with van der Waals surface area (Å²) in [5.41, 5.74) is 0. The molecule has 5 nitrogen and oxygen atoms in total. The Morgan fingerprint density at radius 3 is 1.16 bits per heavy atom. The van der Waals surface area contributed by atoms with E-state index in [0.29, 0.717) is 19.4 Å². The van der Waals surface area contributed by atoms with Gasteiger partial charge in [0.25, 0.3) is 0 Å². The Hall–Kier alpha value is -2.14. The molecule has 0 N–H and O–H groups in total. The molecule has 0 aromatic carbocycles. The number of allylic oxidation sites excluding steroid dienone is 8. The standard InChI is InChI=1S/C57H104O5/c1-4-7-10-13-16-19-22-25-27-29-30-33-35-38-41-44-47-50-56(58)61-54-55(62-57(59)51-48-45-42-39-36-32-24-21-18-15-12-9-6-3)53-60-52-49-46-43-40-37-34-31-28-26-23-20-17-14-11-8-5-2/h7,10,16,19,25,27,30,33,55H,4-6,8-9,11-15,17-18,20-24,26,28-29,31-32,34-54H2,1-3H3/b10-7-,19-16-,27-25-,33-30-/t55-/m1/s1. The van der Waals surface area contributed by atoms with Gasteiger partial charge in [0, 0.05) is 19.4 Å². The van der Waals surface area contributed by atoms with Crippen molar-refractivity contribution in [1.29, 1.82) is 0 Å². The second kappa shape index (κ2) is 53.2. The first kappa shape index (κ1) is 59.9. The van der Waals surface area contributed by atoms with Gasteiger partial charge in [-0.25, -0.2) is 0 Å². The normalized spacial score (nSPS) is 12.5. The number of carbonyl (C=O) groups excluding carboxylic acids is 2. The molecule has 0 fully saturated rings. The Balaban J connectivity index is 4.27. The van der Waals surface area contributed by atoms with Crippen LogP contribution in [-0.2, 0) is 23.8 Å². The van der Waals surface area contributed by atoms with Crippen LogP contribution in [0.2, 0.25) is 0 Å². The Morgan fingerprint density at radius 1 is 0.371 bits per heavy atom. The molecular weight excluding hydrogens is 765 g/mol. The number of hydrogen-bond acceptors (Lipinski definition) is 5. The maximum absolute atomic E-state index is 12.8. The second-order valence-corrected chi connectivity index (χ2v) is 18.1. The van der Waals surface area contributed by atoms with Crippen LogP contribution in [0.1, 0.15) is 278 Å². The van der Waals surface area contributed by atoms with Gasteiger partial charge in [-0.2, -0.15) is 0 Å². The third-order valence-corrected chi connectivity index (χ3v) is 11.9. The molecule has 0 aliphatic carbocycles. The largest absolute Gasteiger partial charge is 0.462 e. The van der Waals surface area contributed by atoms with E-state index in [1.165, 1.54) is 167 Å². The van der Waals surface area contributed by atoms with Crippen molar-refractivity contribution in [3.8, 4) is 0 Å². The zero-order valence-corrected chi connectivity index (χ0v) is 41.6. The highest BCUT2D eigenvalue weighted by Crippen LogP contribution is 2.16. The SMILES string of the molecule is CC/C=C\C/C=C\C/C=C\C/C=C\CCCCCCC(=O)OC[C@@H](COCCCCCCCCCCCCCCCCCC)OC(=O)CCCCCCCCCCCCCCC. The van der Waals surface area contributed by atoms with Crippen LogP contribution in [0, 0.1) is 0 Å². The van der Waals surface area contributed by atoms with Crippen molar-refractivity contribution in [2.75, 3.05) is 19.8 Å². The molecule has 0 rings (SSSR count). The molecule has 0 aromatic heterocycles. The Morgan fingerprint density at radius 2 is 0.726 bits per heavy atom. The van der Waals surface area contributed by atoms with Crippen LogP contribution < -0.4 is 0 Å². The van der Waals surface area contributed by atoms with Crippen molar-refractivity contribution in [2.45, 2.75) is 284 Å². The van der Waals surface area contributed by atoms with Gasteiger partial charge in [-0.15, -0.1) is 0 Å². The van der Waals surface area contributed by atoms with E-state index in [4.69, 9.17) is 14.2 Å². The summed E-state index contributed by atoms with van der Waals surface area (Å²) in [6.07, 6.45) is 65.5. The summed E-state index contributed by atoms with van der Waals surface area (Å²) in [7, 11) is 0. The van der Waals surface area contributed by atoms with Crippen LogP contribution in [0.25, 0.3) is 0 Å². The zero-order valence-electron chi connectivity index (χ0n) is 41.6. The van der Waals surface area contributed by atoms with E-state index in [0.717, 1.165) is 77.0 Å². The lowest BCUT2D eigenvalue weighted by Gasteiger charge is -2.18. The van der Waals surface area contributed by atoms with Gasteiger partial charge in [-0.05, 0) is 57.8 Å². The molecule has 0 amide bonds. The molecule has 0 spiro atoms. The van der Waals surface area contributed by atoms with Crippen LogP contribution in [0.4, 0.5) is 0 Å². The van der Waals surface area contributed by atoms with Gasteiger partial charge >= 0.3 is 11.9 Å². The topological polar surface area (TPSA) is 61.8 Å². The molecule has 0 aliphatic heterocycles. The van der Waals surface area contributed by atoms with E-state index in [1.54, 1.807) is 0 Å². The molecule has 1 atom stereocenters. The third-order valence-electron chi connectivity index (χ3n) is 11.9. The lowest BCUT2D eigenvalue weighted by atomic mass is 10.0. The molecule has 5 heteroatoms. The molecule has 362 valence electrons. The third kappa shape index (κ3) is 50.5. The highest BCUT2D eigenvalue weighted by Gasteiger charge is 2.17. The van der Waals surface area contributed by atoms with E-state index in [9.17, 15) is 9.59 Å². The summed E-state index contributed by atoms with van der Waals surface area (Å²) in [6.45, 7) is 7.74. The average Bonchev–Trinajstić information content (AvgIpc) is 3.27. The van der Waals surface area contributed by atoms with Crippen LogP contribution in [-0.4, -0.2) is 37.9 Å². The van der Waals surface area contributed by atoms with E-state index in [1.807, 2.05) is 0 Å². The Bertz CT molecular complexity index is 1030. The minimum atomic E-state index is -0.541. The summed E-state index contributed by atoms with van der Waals surface area (Å²) in [6, 6.07) is 0. The fourth-order valence-corrected chi connectivity index (χ4v) is 7.86. The number of hydrogen-bond donors (Lipinski definition) is 0. The van der Waals surface area contributed by atoms with Crippen molar-refractivity contribution in [3.63, 3.8) is 0 Å². The fourth-order valence-electron chi connectivity index (χ4n) is 7.86. The first-order valence-electron chi connectivity index (χ1n) is 27.2. The van der Waals surface area contributed by atoms with E-state index < -0.39 is 6.10 Å². The Labute approximate surface area is 386 Å². The summed E-state index contributed by atoms with van der Waals surface area (Å²) in [5.74, 6) is -0.410. The van der Waals surface area contributed by atoms with Gasteiger partial charge in [0.05, 0.1) is 6.61 Å². The van der Waals surface area contributed by atoms with Crippen LogP contribution in [0.5, 0.6) is 0 Å². The van der Waals surface area contributed by atoms with Crippen molar-refractivity contribution in [2.24, 2.45) is 0 Å². The lowest BCUT2D eigenvalue weighted by molar-refractivity contribution is -0.163. The summed E-state index contributed by atoms with van der Waals surface area (Å²) >= 11 is 0. The molecule has 0 aromatic rings. The van der Waals surface area contributed by atoms with E-state index in [-0.39, 0.29) is 25.2 Å². The van der Waals surface area contributed by atoms with Gasteiger partial charge in [0.15, 0.2) is 6.10 Å². The number of ether oxygens (including phenoxy) is 3. The number of rotatable bonds is 50. The van der Waals surface area contributed by atoms with Crippen LogP contribution in [0.3, 0.4) is 0 Å². The molecule has 0 aliphatic rings. The summed E-state index contributed by atoms with van der Waals surface area (Å²) < 4.78 is 17.4. The van der Waals surface area contributed by atoms with Crippen molar-refractivity contribution >= 4 is 11.9 Å². The molecule has 0 radical (unpaired) electrons. The van der Waals surface area contributed by atoms with Crippen molar-refractivity contribution in [3.05, 3.63) is 48.6 Å². The van der Waals surface area contributed by atoms with Crippen LogP contribution >= 0.6 is 0 Å².